The second-order valence-corrected chi connectivity index (χ2v) is 18.0. The van der Waals surface area contributed by atoms with Crippen LogP contribution in [-0.2, 0) is 35.0 Å². The standard InChI is InChI=1S/C32H52O8Si/c1-32(2)38-22-29(40-32)31-28(37-21-23-13-14-24(33-3)19-27(23)34-4)20-25(39-31)15-16-26(41(5,6)7)11-10-18-36-30-12-8-9-17-35-30/h11,13-14,19,25,28-31H,8-10,12,15-18,20-22H2,1-7H3/b26-11+/t25-,28-,29-,30?,31+/m1/s1. The summed E-state index contributed by atoms with van der Waals surface area (Å²) >= 11 is 0. The highest BCUT2D eigenvalue weighted by Crippen LogP contribution is 2.37. The van der Waals surface area contributed by atoms with Crippen molar-refractivity contribution in [2.24, 2.45) is 0 Å². The lowest BCUT2D eigenvalue weighted by Crippen LogP contribution is -2.38. The molecule has 1 aromatic carbocycles. The van der Waals surface area contributed by atoms with Crippen LogP contribution in [0.15, 0.2) is 29.5 Å². The third kappa shape index (κ3) is 9.51. The van der Waals surface area contributed by atoms with Gasteiger partial charge < -0.3 is 37.9 Å². The van der Waals surface area contributed by atoms with Crippen LogP contribution < -0.4 is 9.47 Å². The maximum Gasteiger partial charge on any atom is 0.163 e. The molecule has 3 aliphatic heterocycles. The molecule has 0 aliphatic carbocycles. The van der Waals surface area contributed by atoms with Crippen LogP contribution in [0.5, 0.6) is 11.5 Å². The van der Waals surface area contributed by atoms with Gasteiger partial charge in [-0.3, -0.25) is 0 Å². The highest BCUT2D eigenvalue weighted by Gasteiger charge is 2.46. The minimum absolute atomic E-state index is 0.0297. The smallest absolute Gasteiger partial charge is 0.163 e. The first kappa shape index (κ1) is 32.5. The summed E-state index contributed by atoms with van der Waals surface area (Å²) in [6.07, 6.45) is 9.11. The molecule has 41 heavy (non-hydrogen) atoms. The maximum absolute atomic E-state index is 6.67. The lowest BCUT2D eigenvalue weighted by molar-refractivity contribution is -0.165. The summed E-state index contributed by atoms with van der Waals surface area (Å²) in [6, 6.07) is 5.81. The van der Waals surface area contributed by atoms with Gasteiger partial charge in [0.15, 0.2) is 12.1 Å². The molecule has 0 bridgehead atoms. The van der Waals surface area contributed by atoms with Crippen molar-refractivity contribution in [3.05, 3.63) is 35.0 Å². The quantitative estimate of drug-likeness (QED) is 0.181. The predicted molar refractivity (Wildman–Crippen MR) is 161 cm³/mol. The van der Waals surface area contributed by atoms with Crippen molar-refractivity contribution in [2.45, 2.75) is 122 Å². The molecule has 1 unspecified atom stereocenters. The monoisotopic (exact) mass is 592 g/mol. The van der Waals surface area contributed by atoms with E-state index in [0.717, 1.165) is 62.2 Å². The van der Waals surface area contributed by atoms with Gasteiger partial charge in [0.05, 0.1) is 54.3 Å². The van der Waals surface area contributed by atoms with E-state index in [1.807, 2.05) is 32.0 Å². The van der Waals surface area contributed by atoms with E-state index in [1.165, 1.54) is 6.42 Å². The van der Waals surface area contributed by atoms with Gasteiger partial charge in [-0.05, 0) is 64.5 Å². The zero-order chi connectivity index (χ0) is 29.5. The zero-order valence-corrected chi connectivity index (χ0v) is 27.2. The van der Waals surface area contributed by atoms with Crippen molar-refractivity contribution in [1.82, 2.24) is 0 Å². The van der Waals surface area contributed by atoms with Gasteiger partial charge in [0.25, 0.3) is 0 Å². The molecule has 232 valence electrons. The predicted octanol–water partition coefficient (Wildman–Crippen LogP) is 6.42. The van der Waals surface area contributed by atoms with Crippen molar-refractivity contribution >= 4 is 8.07 Å². The second-order valence-electron chi connectivity index (χ2n) is 12.8. The molecule has 8 nitrogen and oxygen atoms in total. The van der Waals surface area contributed by atoms with Gasteiger partial charge in [0, 0.05) is 24.7 Å². The molecule has 3 saturated heterocycles. The highest BCUT2D eigenvalue weighted by molar-refractivity contribution is 6.83. The maximum atomic E-state index is 6.67. The molecule has 3 heterocycles. The van der Waals surface area contributed by atoms with Gasteiger partial charge in [0.1, 0.15) is 23.7 Å². The van der Waals surface area contributed by atoms with Crippen molar-refractivity contribution in [3.8, 4) is 11.5 Å². The minimum atomic E-state index is -1.49. The van der Waals surface area contributed by atoms with Crippen LogP contribution in [0.25, 0.3) is 0 Å². The zero-order valence-electron chi connectivity index (χ0n) is 26.2. The van der Waals surface area contributed by atoms with Gasteiger partial charge in [-0.25, -0.2) is 0 Å². The topological polar surface area (TPSA) is 73.8 Å². The molecule has 0 radical (unpaired) electrons. The van der Waals surface area contributed by atoms with Gasteiger partial charge in [-0.15, -0.1) is 0 Å². The summed E-state index contributed by atoms with van der Waals surface area (Å²) in [5.74, 6) is 0.891. The van der Waals surface area contributed by atoms with Crippen LogP contribution >= 0.6 is 0 Å². The van der Waals surface area contributed by atoms with Crippen LogP contribution in [0.1, 0.15) is 64.4 Å². The Hall–Kier alpha value is -1.46. The Balaban J connectivity index is 1.36. The van der Waals surface area contributed by atoms with Crippen LogP contribution in [0, 0.1) is 0 Å². The Labute approximate surface area is 248 Å². The molecule has 9 heteroatoms. The minimum Gasteiger partial charge on any atom is -0.497 e. The van der Waals surface area contributed by atoms with E-state index in [0.29, 0.717) is 19.8 Å². The lowest BCUT2D eigenvalue weighted by Gasteiger charge is -2.26. The Morgan fingerprint density at radius 1 is 1.10 bits per heavy atom. The summed E-state index contributed by atoms with van der Waals surface area (Å²) in [4.78, 5) is 0. The lowest BCUT2D eigenvalue weighted by atomic mass is 10.0. The Kier molecular flexibility index (Phi) is 11.7. The SMILES string of the molecule is COc1ccc(CO[C@@H]2C[C@@H](CC/C(=C\CCOC3CCCCO3)[Si](C)(C)C)O[C@@H]2[C@H]2COC(C)(C)O2)c(OC)c1. The van der Waals surface area contributed by atoms with E-state index in [9.17, 15) is 0 Å². The average Bonchev–Trinajstić information content (AvgIpc) is 3.53. The highest BCUT2D eigenvalue weighted by atomic mass is 28.3. The van der Waals surface area contributed by atoms with Crippen LogP contribution in [0.3, 0.4) is 0 Å². The molecule has 4 rings (SSSR count). The van der Waals surface area contributed by atoms with Crippen LogP contribution in [0.4, 0.5) is 0 Å². The molecule has 3 aliphatic rings. The molecule has 3 fully saturated rings. The third-order valence-electron chi connectivity index (χ3n) is 8.20. The fourth-order valence-electron chi connectivity index (χ4n) is 5.85. The molecule has 0 saturated carbocycles. The van der Waals surface area contributed by atoms with Crippen molar-refractivity contribution in [2.75, 3.05) is 34.0 Å². The molecule has 0 aromatic heterocycles. The fraction of sp³-hybridized carbons (Fsp3) is 0.750. The van der Waals surface area contributed by atoms with Crippen molar-refractivity contribution in [3.63, 3.8) is 0 Å². The molecule has 0 spiro atoms. The number of hydrogen-bond acceptors (Lipinski definition) is 8. The first-order chi connectivity index (χ1) is 19.6. The molecule has 0 N–H and O–H groups in total. The number of ether oxygens (including phenoxy) is 8. The van der Waals surface area contributed by atoms with E-state index < -0.39 is 13.9 Å². The summed E-state index contributed by atoms with van der Waals surface area (Å²) in [5.41, 5.74) is 0.976. The van der Waals surface area contributed by atoms with Gasteiger partial charge >= 0.3 is 0 Å². The van der Waals surface area contributed by atoms with E-state index >= 15 is 0 Å². The largest absolute Gasteiger partial charge is 0.497 e. The molecular formula is C32H52O8Si. The first-order valence-electron chi connectivity index (χ1n) is 15.3. The molecule has 5 atom stereocenters. The molecule has 1 aromatic rings. The van der Waals surface area contributed by atoms with Gasteiger partial charge in [-0.1, -0.05) is 30.9 Å². The van der Waals surface area contributed by atoms with Crippen LogP contribution in [-0.4, -0.2) is 78.6 Å². The van der Waals surface area contributed by atoms with E-state index in [1.54, 1.807) is 19.4 Å². The van der Waals surface area contributed by atoms with Crippen molar-refractivity contribution < 1.29 is 37.9 Å². The third-order valence-corrected chi connectivity index (χ3v) is 10.6. The first-order valence-corrected chi connectivity index (χ1v) is 18.8. The average molecular weight is 593 g/mol. The Morgan fingerprint density at radius 2 is 1.93 bits per heavy atom. The van der Waals surface area contributed by atoms with Crippen LogP contribution in [0.2, 0.25) is 19.6 Å². The summed E-state index contributed by atoms with van der Waals surface area (Å²) in [7, 11) is 1.83. The second kappa shape index (κ2) is 14.8. The number of benzene rings is 1. The van der Waals surface area contributed by atoms with Crippen molar-refractivity contribution in [1.29, 1.82) is 0 Å². The Bertz CT molecular complexity index is 984. The summed E-state index contributed by atoms with van der Waals surface area (Å²) in [6.45, 7) is 13.6. The van der Waals surface area contributed by atoms with Gasteiger partial charge in [-0.2, -0.15) is 0 Å². The Morgan fingerprint density at radius 3 is 2.59 bits per heavy atom. The summed E-state index contributed by atoms with van der Waals surface area (Å²) < 4.78 is 48.0. The van der Waals surface area contributed by atoms with Gasteiger partial charge in [0.2, 0.25) is 0 Å². The summed E-state index contributed by atoms with van der Waals surface area (Å²) in [5, 5.41) is 1.57. The number of rotatable bonds is 14. The van der Waals surface area contributed by atoms with E-state index in [2.05, 4.69) is 25.7 Å². The van der Waals surface area contributed by atoms with E-state index in [4.69, 9.17) is 37.9 Å². The molecule has 0 amide bonds. The van der Waals surface area contributed by atoms with E-state index in [-0.39, 0.29) is 30.7 Å². The molecular weight excluding hydrogens is 540 g/mol. The normalized spacial score (nSPS) is 28.7. The fourth-order valence-corrected chi connectivity index (χ4v) is 7.51. The number of methoxy groups -OCH3 is 2. The number of allylic oxidation sites excluding steroid dienone is 1. The number of hydrogen-bond donors (Lipinski definition) is 0.